The van der Waals surface area contributed by atoms with Gasteiger partial charge < -0.3 is 10.2 Å². The molecule has 0 aliphatic carbocycles. The van der Waals surface area contributed by atoms with Crippen molar-refractivity contribution in [3.8, 4) is 11.5 Å². The maximum atomic E-state index is 9.79. The van der Waals surface area contributed by atoms with Crippen molar-refractivity contribution in [1.29, 1.82) is 0 Å². The van der Waals surface area contributed by atoms with Gasteiger partial charge in [0.25, 0.3) is 0 Å². The van der Waals surface area contributed by atoms with Crippen molar-refractivity contribution in [2.75, 3.05) is 0 Å². The van der Waals surface area contributed by atoms with Gasteiger partial charge in [-0.25, -0.2) is 0 Å². The Hall–Kier alpha value is -2.48. The van der Waals surface area contributed by atoms with Crippen molar-refractivity contribution in [3.63, 3.8) is 0 Å². The van der Waals surface area contributed by atoms with Crippen LogP contribution in [0.5, 0.6) is 11.5 Å². The molecule has 0 radical (unpaired) electrons. The van der Waals surface area contributed by atoms with Crippen molar-refractivity contribution in [1.82, 2.24) is 0 Å². The van der Waals surface area contributed by atoms with Gasteiger partial charge in [-0.05, 0) is 55.7 Å². The fourth-order valence-electron chi connectivity index (χ4n) is 2.29. The molecule has 0 saturated heterocycles. The number of hydrogen-bond acceptors (Lipinski definition) is 2. The van der Waals surface area contributed by atoms with E-state index in [1.807, 2.05) is 62.4 Å². The molecule has 0 unspecified atom stereocenters. The van der Waals surface area contributed by atoms with E-state index < -0.39 is 0 Å². The zero-order valence-electron chi connectivity index (χ0n) is 12.4. The normalized spacial score (nSPS) is 11.5. The van der Waals surface area contributed by atoms with Gasteiger partial charge >= 0.3 is 0 Å². The monoisotopic (exact) mass is 280 g/mol. The molecule has 0 spiro atoms. The van der Waals surface area contributed by atoms with Crippen LogP contribution in [0.1, 0.15) is 36.1 Å². The first-order valence-electron chi connectivity index (χ1n) is 7.03. The van der Waals surface area contributed by atoms with Crippen molar-refractivity contribution < 1.29 is 10.2 Å². The van der Waals surface area contributed by atoms with Gasteiger partial charge in [0, 0.05) is 11.1 Å². The average molecular weight is 280 g/mol. The minimum atomic E-state index is 0.289. The van der Waals surface area contributed by atoms with Gasteiger partial charge in [0.2, 0.25) is 0 Å². The SMILES string of the molecule is CC=Cc1cc(Cc2ccc(O)c(C=CC)c2)ccc1O. The highest BCUT2D eigenvalue weighted by molar-refractivity contribution is 5.59. The number of aromatic hydroxyl groups is 2. The molecule has 2 rings (SSSR count). The summed E-state index contributed by atoms with van der Waals surface area (Å²) in [5.41, 5.74) is 3.89. The highest BCUT2D eigenvalue weighted by atomic mass is 16.3. The fraction of sp³-hybridized carbons (Fsp3) is 0.158. The Balaban J connectivity index is 2.30. The Kier molecular flexibility index (Phi) is 4.83. The summed E-state index contributed by atoms with van der Waals surface area (Å²) in [5, 5.41) is 19.6. The van der Waals surface area contributed by atoms with Crippen LogP contribution in [0.25, 0.3) is 12.2 Å². The van der Waals surface area contributed by atoms with E-state index in [4.69, 9.17) is 0 Å². The summed E-state index contributed by atoms with van der Waals surface area (Å²) >= 11 is 0. The predicted molar refractivity (Wildman–Crippen MR) is 88.4 cm³/mol. The summed E-state index contributed by atoms with van der Waals surface area (Å²) < 4.78 is 0. The van der Waals surface area contributed by atoms with Crippen LogP contribution in [-0.4, -0.2) is 10.2 Å². The molecule has 21 heavy (non-hydrogen) atoms. The Morgan fingerprint density at radius 3 is 1.57 bits per heavy atom. The summed E-state index contributed by atoms with van der Waals surface area (Å²) in [6.45, 7) is 3.85. The molecule has 2 nitrogen and oxygen atoms in total. The molecule has 2 N–H and O–H groups in total. The summed E-state index contributed by atoms with van der Waals surface area (Å²) in [6.07, 6.45) is 8.35. The Labute approximate surface area is 125 Å². The fourth-order valence-corrected chi connectivity index (χ4v) is 2.29. The summed E-state index contributed by atoms with van der Waals surface area (Å²) in [4.78, 5) is 0. The quantitative estimate of drug-likeness (QED) is 0.848. The molecule has 0 saturated carbocycles. The summed E-state index contributed by atoms with van der Waals surface area (Å²) in [6, 6.07) is 11.2. The third-order valence-electron chi connectivity index (χ3n) is 3.28. The van der Waals surface area contributed by atoms with Crippen LogP contribution in [0.2, 0.25) is 0 Å². The molecule has 108 valence electrons. The van der Waals surface area contributed by atoms with E-state index in [1.165, 1.54) is 0 Å². The number of rotatable bonds is 4. The lowest BCUT2D eigenvalue weighted by atomic mass is 10.00. The number of allylic oxidation sites excluding steroid dienone is 2. The lowest BCUT2D eigenvalue weighted by Crippen LogP contribution is -1.90. The number of hydrogen-bond donors (Lipinski definition) is 2. The average Bonchev–Trinajstić information content (AvgIpc) is 2.47. The molecule has 2 aromatic carbocycles. The second-order valence-corrected chi connectivity index (χ2v) is 4.96. The molecular weight excluding hydrogens is 260 g/mol. The minimum Gasteiger partial charge on any atom is -0.507 e. The van der Waals surface area contributed by atoms with E-state index in [0.29, 0.717) is 0 Å². The van der Waals surface area contributed by atoms with E-state index in [0.717, 1.165) is 28.7 Å². The number of phenolic OH excluding ortho intramolecular Hbond substituents is 2. The van der Waals surface area contributed by atoms with Crippen LogP contribution in [0.4, 0.5) is 0 Å². The zero-order chi connectivity index (χ0) is 15.2. The predicted octanol–water partition coefficient (Wildman–Crippen LogP) is 4.75. The number of benzene rings is 2. The van der Waals surface area contributed by atoms with Crippen LogP contribution in [-0.2, 0) is 6.42 Å². The van der Waals surface area contributed by atoms with Crippen molar-refractivity contribution in [2.24, 2.45) is 0 Å². The molecule has 0 amide bonds. The molecule has 0 atom stereocenters. The van der Waals surface area contributed by atoms with Crippen molar-refractivity contribution in [3.05, 3.63) is 70.8 Å². The van der Waals surface area contributed by atoms with Crippen LogP contribution in [0, 0.1) is 0 Å². The molecule has 0 aliphatic heterocycles. The van der Waals surface area contributed by atoms with Gasteiger partial charge in [0.1, 0.15) is 11.5 Å². The molecule has 0 heterocycles. The van der Waals surface area contributed by atoms with Crippen LogP contribution in [0.3, 0.4) is 0 Å². The van der Waals surface area contributed by atoms with E-state index in [2.05, 4.69) is 0 Å². The Morgan fingerprint density at radius 2 is 1.19 bits per heavy atom. The number of phenols is 2. The molecular formula is C19H20O2. The minimum absolute atomic E-state index is 0.289. The van der Waals surface area contributed by atoms with Gasteiger partial charge in [-0.15, -0.1) is 0 Å². The molecule has 0 fully saturated rings. The smallest absolute Gasteiger partial charge is 0.122 e. The van der Waals surface area contributed by atoms with Gasteiger partial charge in [0.15, 0.2) is 0 Å². The van der Waals surface area contributed by atoms with E-state index in [9.17, 15) is 10.2 Å². The van der Waals surface area contributed by atoms with Crippen LogP contribution in [0.15, 0.2) is 48.6 Å². The van der Waals surface area contributed by atoms with Crippen molar-refractivity contribution in [2.45, 2.75) is 20.3 Å². The second-order valence-electron chi connectivity index (χ2n) is 4.96. The molecule has 0 aliphatic rings. The lowest BCUT2D eigenvalue weighted by Gasteiger charge is -2.07. The maximum absolute atomic E-state index is 9.79. The first-order chi connectivity index (χ1) is 10.1. The Morgan fingerprint density at radius 1 is 0.762 bits per heavy atom. The molecule has 2 aromatic rings. The van der Waals surface area contributed by atoms with Gasteiger partial charge in [-0.3, -0.25) is 0 Å². The highest BCUT2D eigenvalue weighted by Crippen LogP contribution is 2.24. The zero-order valence-corrected chi connectivity index (χ0v) is 12.4. The first-order valence-corrected chi connectivity index (χ1v) is 7.03. The topological polar surface area (TPSA) is 40.5 Å². The first kappa shape index (κ1) is 14.9. The van der Waals surface area contributed by atoms with E-state index >= 15 is 0 Å². The van der Waals surface area contributed by atoms with E-state index in [1.54, 1.807) is 12.1 Å². The van der Waals surface area contributed by atoms with Gasteiger partial charge in [0.05, 0.1) is 0 Å². The Bertz CT molecular complexity index is 622. The largest absolute Gasteiger partial charge is 0.507 e. The highest BCUT2D eigenvalue weighted by Gasteiger charge is 2.04. The lowest BCUT2D eigenvalue weighted by molar-refractivity contribution is 0.473. The van der Waals surface area contributed by atoms with Gasteiger partial charge in [-0.1, -0.05) is 36.4 Å². The maximum Gasteiger partial charge on any atom is 0.122 e. The second kappa shape index (κ2) is 6.80. The van der Waals surface area contributed by atoms with Gasteiger partial charge in [-0.2, -0.15) is 0 Å². The van der Waals surface area contributed by atoms with Crippen LogP contribution < -0.4 is 0 Å². The van der Waals surface area contributed by atoms with E-state index in [-0.39, 0.29) is 11.5 Å². The molecule has 0 bridgehead atoms. The molecule has 2 heteroatoms. The summed E-state index contributed by atoms with van der Waals surface area (Å²) in [5.74, 6) is 0.578. The third kappa shape index (κ3) is 3.76. The van der Waals surface area contributed by atoms with Crippen molar-refractivity contribution >= 4 is 12.2 Å². The van der Waals surface area contributed by atoms with Crippen LogP contribution >= 0.6 is 0 Å². The summed E-state index contributed by atoms with van der Waals surface area (Å²) in [7, 11) is 0. The third-order valence-corrected chi connectivity index (χ3v) is 3.28. The molecule has 0 aromatic heterocycles. The standard InChI is InChI=1S/C19H20O2/c1-3-5-16-12-14(7-9-18(16)20)11-15-8-10-19(21)17(13-15)6-4-2/h3-10,12-13,20-21H,11H2,1-2H3.